The van der Waals surface area contributed by atoms with Crippen molar-refractivity contribution in [2.45, 2.75) is 26.1 Å². The predicted molar refractivity (Wildman–Crippen MR) is 59.2 cm³/mol. The van der Waals surface area contributed by atoms with Gasteiger partial charge in [-0.15, -0.1) is 0 Å². The second-order valence-corrected chi connectivity index (χ2v) is 4.16. The Bertz CT molecular complexity index is 331. The molecule has 0 spiro atoms. The minimum absolute atomic E-state index is 0.0164. The largest absolute Gasteiger partial charge is 0.461 e. The molecular weight excluding hydrogens is 216 g/mol. The molecule has 0 unspecified atom stereocenters. The van der Waals surface area contributed by atoms with Crippen molar-refractivity contribution in [3.05, 3.63) is 28.8 Å². The van der Waals surface area contributed by atoms with E-state index in [1.54, 1.807) is 12.1 Å². The van der Waals surface area contributed by atoms with Crippen molar-refractivity contribution in [2.24, 2.45) is 0 Å². The first-order chi connectivity index (χ1) is 6.94. The molecule has 3 nitrogen and oxygen atoms in total. The fraction of sp³-hybridized carbons (Fsp3) is 0.455. The van der Waals surface area contributed by atoms with Gasteiger partial charge in [-0.1, -0.05) is 23.7 Å². The summed E-state index contributed by atoms with van der Waals surface area (Å²) in [6, 6.07) is 5.28. The minimum Gasteiger partial charge on any atom is -0.461 e. The van der Waals surface area contributed by atoms with Crippen LogP contribution < -0.4 is 4.74 Å². The molecule has 0 aliphatic rings. The molecule has 0 bridgehead atoms. The van der Waals surface area contributed by atoms with Gasteiger partial charge in [-0.3, -0.25) is 0 Å². The van der Waals surface area contributed by atoms with Crippen molar-refractivity contribution in [3.8, 4) is 5.75 Å². The van der Waals surface area contributed by atoms with Gasteiger partial charge < -0.3 is 14.9 Å². The molecule has 0 heterocycles. The summed E-state index contributed by atoms with van der Waals surface area (Å²) in [4.78, 5) is 0. The summed E-state index contributed by atoms with van der Waals surface area (Å²) in [5, 5.41) is 18.9. The maximum Gasteiger partial charge on any atom is 0.202 e. The lowest BCUT2D eigenvalue weighted by atomic mass is 10.1. The van der Waals surface area contributed by atoms with E-state index in [0.717, 1.165) is 5.56 Å². The number of aliphatic hydroxyl groups is 2. The molecule has 0 aliphatic heterocycles. The quantitative estimate of drug-likeness (QED) is 0.778. The van der Waals surface area contributed by atoms with Crippen molar-refractivity contribution >= 4 is 11.6 Å². The van der Waals surface area contributed by atoms with Crippen molar-refractivity contribution in [3.63, 3.8) is 0 Å². The van der Waals surface area contributed by atoms with Gasteiger partial charge in [0.1, 0.15) is 5.75 Å². The molecule has 0 atom stereocenters. The van der Waals surface area contributed by atoms with Gasteiger partial charge in [0.25, 0.3) is 0 Å². The van der Waals surface area contributed by atoms with Gasteiger partial charge in [-0.2, -0.15) is 0 Å². The molecule has 4 heteroatoms. The summed E-state index contributed by atoms with van der Waals surface area (Å²) in [5.41, 5.74) is 0.784. The second kappa shape index (κ2) is 4.84. The summed E-state index contributed by atoms with van der Waals surface area (Å²) in [5.74, 6) is -0.851. The van der Waals surface area contributed by atoms with Crippen LogP contribution >= 0.6 is 11.6 Å². The van der Waals surface area contributed by atoms with E-state index >= 15 is 0 Å². The Balaban J connectivity index is 3.02. The molecule has 1 aromatic rings. The highest BCUT2D eigenvalue weighted by Crippen LogP contribution is 2.31. The Morgan fingerprint density at radius 2 is 2.07 bits per heavy atom. The fourth-order valence-corrected chi connectivity index (χ4v) is 1.47. The standard InChI is InChI=1S/C11H15ClO3/c1-11(2,14)15-10-8(6-7-13)4-3-5-9(10)12/h3-5,13-14H,6-7H2,1-2H3. The molecule has 0 aromatic heterocycles. The van der Waals surface area contributed by atoms with Gasteiger partial charge in [0.15, 0.2) is 0 Å². The Morgan fingerprint density at radius 3 is 2.60 bits per heavy atom. The highest BCUT2D eigenvalue weighted by atomic mass is 35.5. The summed E-state index contributed by atoms with van der Waals surface area (Å²) >= 11 is 5.95. The Kier molecular flexibility index (Phi) is 3.97. The molecule has 84 valence electrons. The zero-order chi connectivity index (χ0) is 11.5. The molecular formula is C11H15ClO3. The molecule has 0 amide bonds. The van der Waals surface area contributed by atoms with Crippen molar-refractivity contribution in [1.82, 2.24) is 0 Å². The van der Waals surface area contributed by atoms with E-state index in [0.29, 0.717) is 17.2 Å². The molecule has 1 aromatic carbocycles. The Morgan fingerprint density at radius 1 is 1.40 bits per heavy atom. The van der Waals surface area contributed by atoms with Crippen molar-refractivity contribution in [1.29, 1.82) is 0 Å². The second-order valence-electron chi connectivity index (χ2n) is 3.75. The third kappa shape index (κ3) is 3.70. The SMILES string of the molecule is CC(C)(O)Oc1c(Cl)cccc1CCO. The average Bonchev–Trinajstić information content (AvgIpc) is 2.10. The van der Waals surface area contributed by atoms with Crippen LogP contribution in [-0.2, 0) is 6.42 Å². The number of hydrogen-bond acceptors (Lipinski definition) is 3. The van der Waals surface area contributed by atoms with E-state index < -0.39 is 5.79 Å². The zero-order valence-corrected chi connectivity index (χ0v) is 9.58. The van der Waals surface area contributed by atoms with E-state index in [-0.39, 0.29) is 6.61 Å². The molecule has 0 aliphatic carbocycles. The topological polar surface area (TPSA) is 49.7 Å². The summed E-state index contributed by atoms with van der Waals surface area (Å²) < 4.78 is 5.33. The minimum atomic E-state index is -1.28. The fourth-order valence-electron chi connectivity index (χ4n) is 1.23. The van der Waals surface area contributed by atoms with E-state index in [1.165, 1.54) is 13.8 Å². The maximum atomic E-state index is 9.54. The van der Waals surface area contributed by atoms with Crippen LogP contribution in [0.25, 0.3) is 0 Å². The van der Waals surface area contributed by atoms with Crippen molar-refractivity contribution in [2.75, 3.05) is 6.61 Å². The molecule has 0 saturated heterocycles. The highest BCUT2D eigenvalue weighted by Gasteiger charge is 2.18. The summed E-state index contributed by atoms with van der Waals surface area (Å²) in [6.45, 7) is 3.07. The number of para-hydroxylation sites is 1. The third-order valence-corrected chi connectivity index (χ3v) is 2.08. The lowest BCUT2D eigenvalue weighted by molar-refractivity contribution is -0.105. The Labute approximate surface area is 94.3 Å². The van der Waals surface area contributed by atoms with Crippen molar-refractivity contribution < 1.29 is 14.9 Å². The molecule has 0 fully saturated rings. The zero-order valence-electron chi connectivity index (χ0n) is 8.83. The monoisotopic (exact) mass is 230 g/mol. The third-order valence-electron chi connectivity index (χ3n) is 1.78. The van der Waals surface area contributed by atoms with E-state index in [1.807, 2.05) is 6.07 Å². The predicted octanol–water partition coefficient (Wildman–Crippen LogP) is 1.98. The van der Waals surface area contributed by atoms with E-state index in [2.05, 4.69) is 0 Å². The number of benzene rings is 1. The molecule has 1 rings (SSSR count). The normalized spacial score (nSPS) is 11.5. The highest BCUT2D eigenvalue weighted by molar-refractivity contribution is 6.32. The lowest BCUT2D eigenvalue weighted by Gasteiger charge is -2.22. The van der Waals surface area contributed by atoms with Gasteiger partial charge >= 0.3 is 0 Å². The number of ether oxygens (including phenoxy) is 1. The molecule has 15 heavy (non-hydrogen) atoms. The molecule has 0 radical (unpaired) electrons. The van der Waals surface area contributed by atoms with Gasteiger partial charge in [0, 0.05) is 20.5 Å². The van der Waals surface area contributed by atoms with Gasteiger partial charge in [-0.25, -0.2) is 0 Å². The van der Waals surface area contributed by atoms with Crippen LogP contribution in [0.2, 0.25) is 5.02 Å². The van der Waals surface area contributed by atoms with Crippen LogP contribution in [0.5, 0.6) is 5.75 Å². The smallest absolute Gasteiger partial charge is 0.202 e. The van der Waals surface area contributed by atoms with Crippen LogP contribution in [0.4, 0.5) is 0 Å². The van der Waals surface area contributed by atoms with Crippen LogP contribution in [0.3, 0.4) is 0 Å². The van der Waals surface area contributed by atoms with Crippen LogP contribution in [0.1, 0.15) is 19.4 Å². The number of aliphatic hydroxyl groups excluding tert-OH is 1. The number of hydrogen-bond donors (Lipinski definition) is 2. The number of halogens is 1. The first-order valence-corrected chi connectivity index (χ1v) is 5.11. The Hall–Kier alpha value is -0.770. The first-order valence-electron chi connectivity index (χ1n) is 4.73. The maximum absolute atomic E-state index is 9.54. The molecule has 0 saturated carbocycles. The van der Waals surface area contributed by atoms with Crippen LogP contribution in [-0.4, -0.2) is 22.6 Å². The van der Waals surface area contributed by atoms with E-state index in [9.17, 15) is 5.11 Å². The first kappa shape index (κ1) is 12.3. The molecule has 2 N–H and O–H groups in total. The summed E-state index contributed by atoms with van der Waals surface area (Å²) in [7, 11) is 0. The van der Waals surface area contributed by atoms with Gasteiger partial charge in [0.05, 0.1) is 5.02 Å². The van der Waals surface area contributed by atoms with E-state index in [4.69, 9.17) is 21.4 Å². The summed E-state index contributed by atoms with van der Waals surface area (Å²) in [6.07, 6.45) is 0.450. The average molecular weight is 231 g/mol. The van der Waals surface area contributed by atoms with Gasteiger partial charge in [0.2, 0.25) is 5.79 Å². The van der Waals surface area contributed by atoms with Crippen LogP contribution in [0, 0.1) is 0 Å². The van der Waals surface area contributed by atoms with Gasteiger partial charge in [-0.05, 0) is 18.1 Å². The van der Waals surface area contributed by atoms with Crippen LogP contribution in [0.15, 0.2) is 18.2 Å². The lowest BCUT2D eigenvalue weighted by Crippen LogP contribution is -2.27. The number of rotatable bonds is 4.